The summed E-state index contributed by atoms with van der Waals surface area (Å²) < 4.78 is 10.7. The van der Waals surface area contributed by atoms with E-state index in [2.05, 4.69) is 4.98 Å². The van der Waals surface area contributed by atoms with Crippen molar-refractivity contribution in [2.24, 2.45) is 0 Å². The van der Waals surface area contributed by atoms with Crippen LogP contribution in [0.25, 0.3) is 0 Å². The van der Waals surface area contributed by atoms with Crippen molar-refractivity contribution in [1.29, 1.82) is 0 Å². The topological polar surface area (TPSA) is 48.4 Å². The Morgan fingerprint density at radius 2 is 1.95 bits per heavy atom. The van der Waals surface area contributed by atoms with Gasteiger partial charge in [0.1, 0.15) is 18.1 Å². The lowest BCUT2D eigenvalue weighted by Gasteiger charge is -2.11. The van der Waals surface area contributed by atoms with Crippen LogP contribution in [0.15, 0.2) is 42.6 Å². The zero-order valence-corrected chi connectivity index (χ0v) is 10.9. The number of para-hydroxylation sites is 1. The molecule has 0 aliphatic carbocycles. The molecule has 0 atom stereocenters. The molecule has 0 fully saturated rings. The number of carbonyl (C=O) groups excluding carboxylic acids is 1. The van der Waals surface area contributed by atoms with Gasteiger partial charge in [0.15, 0.2) is 0 Å². The summed E-state index contributed by atoms with van der Waals surface area (Å²) in [6.45, 7) is 3.43. The normalized spacial score (nSPS) is 10.0. The number of hydrogen-bond donors (Lipinski definition) is 0. The molecule has 0 radical (unpaired) electrons. The highest BCUT2D eigenvalue weighted by molar-refractivity contribution is 5.65. The fourth-order valence-electron chi connectivity index (χ4n) is 1.60. The lowest BCUT2D eigenvalue weighted by Crippen LogP contribution is -2.03. The Balaban J connectivity index is 2.17. The van der Waals surface area contributed by atoms with Crippen LogP contribution < -0.4 is 4.74 Å². The van der Waals surface area contributed by atoms with Crippen LogP contribution in [0.2, 0.25) is 0 Å². The van der Waals surface area contributed by atoms with Crippen molar-refractivity contribution in [2.75, 3.05) is 0 Å². The van der Waals surface area contributed by atoms with Crippen LogP contribution in [-0.4, -0.2) is 11.0 Å². The number of benzene rings is 1. The molecule has 0 aliphatic heterocycles. The smallest absolute Gasteiger partial charge is 0.303 e. The molecule has 4 nitrogen and oxygen atoms in total. The SMILES string of the molecule is CC(=O)OCc1nccc(Oc2ccccc2)c1C. The first-order chi connectivity index (χ1) is 9.16. The molecular weight excluding hydrogens is 242 g/mol. The van der Waals surface area contributed by atoms with Crippen molar-refractivity contribution in [2.45, 2.75) is 20.5 Å². The fraction of sp³-hybridized carbons (Fsp3) is 0.200. The van der Waals surface area contributed by atoms with Gasteiger partial charge in [0, 0.05) is 18.7 Å². The predicted octanol–water partition coefficient (Wildman–Crippen LogP) is 3.25. The number of ether oxygens (including phenoxy) is 2. The summed E-state index contributed by atoms with van der Waals surface area (Å²) in [4.78, 5) is 15.0. The molecule has 1 heterocycles. The quantitative estimate of drug-likeness (QED) is 0.789. The molecule has 2 rings (SSSR count). The van der Waals surface area contributed by atoms with E-state index in [9.17, 15) is 4.79 Å². The van der Waals surface area contributed by atoms with E-state index in [4.69, 9.17) is 9.47 Å². The maximum Gasteiger partial charge on any atom is 0.303 e. The fourth-order valence-corrected chi connectivity index (χ4v) is 1.60. The van der Waals surface area contributed by atoms with E-state index < -0.39 is 0 Å². The summed E-state index contributed by atoms with van der Waals surface area (Å²) in [5, 5.41) is 0. The lowest BCUT2D eigenvalue weighted by molar-refractivity contribution is -0.142. The molecule has 1 aromatic carbocycles. The van der Waals surface area contributed by atoms with Crippen molar-refractivity contribution in [3.05, 3.63) is 53.9 Å². The Kier molecular flexibility index (Phi) is 4.13. The first-order valence-corrected chi connectivity index (χ1v) is 5.97. The number of rotatable bonds is 4. The minimum absolute atomic E-state index is 0.160. The second-order valence-electron chi connectivity index (χ2n) is 4.08. The molecule has 0 spiro atoms. The summed E-state index contributed by atoms with van der Waals surface area (Å²) in [6.07, 6.45) is 1.64. The maximum absolute atomic E-state index is 10.8. The zero-order valence-electron chi connectivity index (χ0n) is 10.9. The van der Waals surface area contributed by atoms with Gasteiger partial charge in [-0.05, 0) is 25.1 Å². The highest BCUT2D eigenvalue weighted by Gasteiger charge is 2.08. The van der Waals surface area contributed by atoms with Gasteiger partial charge in [0.05, 0.1) is 5.69 Å². The van der Waals surface area contributed by atoms with E-state index in [1.165, 1.54) is 6.92 Å². The minimum atomic E-state index is -0.324. The summed E-state index contributed by atoms with van der Waals surface area (Å²) in [5.74, 6) is 1.15. The van der Waals surface area contributed by atoms with Gasteiger partial charge in [0.25, 0.3) is 0 Å². The van der Waals surface area contributed by atoms with E-state index in [0.717, 1.165) is 11.3 Å². The summed E-state index contributed by atoms with van der Waals surface area (Å²) in [7, 11) is 0. The standard InChI is InChI=1S/C15H15NO3/c1-11-14(10-18-12(2)17)16-9-8-15(11)19-13-6-4-3-5-7-13/h3-9H,10H2,1-2H3. The number of aromatic nitrogens is 1. The largest absolute Gasteiger partial charge is 0.459 e. The second kappa shape index (κ2) is 6.00. The molecule has 0 saturated carbocycles. The molecule has 4 heteroatoms. The third-order valence-electron chi connectivity index (χ3n) is 2.64. The van der Waals surface area contributed by atoms with Crippen molar-refractivity contribution >= 4 is 5.97 Å². The monoisotopic (exact) mass is 257 g/mol. The molecule has 0 aliphatic rings. The first-order valence-electron chi connectivity index (χ1n) is 5.97. The number of nitrogens with zero attached hydrogens (tertiary/aromatic N) is 1. The Bertz CT molecular complexity index is 567. The molecule has 98 valence electrons. The molecule has 1 aromatic heterocycles. The van der Waals surface area contributed by atoms with Gasteiger partial charge in [-0.15, -0.1) is 0 Å². The first kappa shape index (κ1) is 13.1. The molecule has 2 aromatic rings. The Morgan fingerprint density at radius 1 is 1.21 bits per heavy atom. The molecule has 0 saturated heterocycles. The third kappa shape index (κ3) is 3.55. The second-order valence-corrected chi connectivity index (χ2v) is 4.08. The Labute approximate surface area is 112 Å². The molecule has 19 heavy (non-hydrogen) atoms. The van der Waals surface area contributed by atoms with Crippen LogP contribution in [0.4, 0.5) is 0 Å². The van der Waals surface area contributed by atoms with Gasteiger partial charge < -0.3 is 9.47 Å². The van der Waals surface area contributed by atoms with Crippen molar-refractivity contribution in [1.82, 2.24) is 4.98 Å². The van der Waals surface area contributed by atoms with Gasteiger partial charge in [-0.3, -0.25) is 9.78 Å². The Hall–Kier alpha value is -2.36. The van der Waals surface area contributed by atoms with Crippen LogP contribution in [0.1, 0.15) is 18.2 Å². The van der Waals surface area contributed by atoms with E-state index in [-0.39, 0.29) is 12.6 Å². The highest BCUT2D eigenvalue weighted by atomic mass is 16.5. The van der Waals surface area contributed by atoms with E-state index in [0.29, 0.717) is 11.4 Å². The molecule has 0 N–H and O–H groups in total. The Morgan fingerprint density at radius 3 is 2.63 bits per heavy atom. The average molecular weight is 257 g/mol. The average Bonchev–Trinajstić information content (AvgIpc) is 2.41. The predicted molar refractivity (Wildman–Crippen MR) is 71.0 cm³/mol. The number of pyridine rings is 1. The van der Waals surface area contributed by atoms with E-state index in [1.807, 2.05) is 37.3 Å². The van der Waals surface area contributed by atoms with Gasteiger partial charge in [-0.25, -0.2) is 0 Å². The molecule has 0 unspecified atom stereocenters. The summed E-state index contributed by atoms with van der Waals surface area (Å²) >= 11 is 0. The van der Waals surface area contributed by atoms with E-state index in [1.54, 1.807) is 12.3 Å². The van der Waals surface area contributed by atoms with Crippen LogP contribution in [0, 0.1) is 6.92 Å². The number of carbonyl (C=O) groups is 1. The van der Waals surface area contributed by atoms with Crippen LogP contribution >= 0.6 is 0 Å². The van der Waals surface area contributed by atoms with Crippen molar-refractivity contribution in [3.63, 3.8) is 0 Å². The van der Waals surface area contributed by atoms with Crippen LogP contribution in [0.3, 0.4) is 0 Å². The number of hydrogen-bond acceptors (Lipinski definition) is 4. The zero-order chi connectivity index (χ0) is 13.7. The molecule has 0 amide bonds. The van der Waals surface area contributed by atoms with E-state index >= 15 is 0 Å². The highest BCUT2D eigenvalue weighted by Crippen LogP contribution is 2.26. The minimum Gasteiger partial charge on any atom is -0.459 e. The number of esters is 1. The lowest BCUT2D eigenvalue weighted by atomic mass is 10.2. The van der Waals surface area contributed by atoms with Crippen molar-refractivity contribution in [3.8, 4) is 11.5 Å². The summed E-state index contributed by atoms with van der Waals surface area (Å²) in [6, 6.07) is 11.3. The molecular formula is C15H15NO3. The van der Waals surface area contributed by atoms with Crippen molar-refractivity contribution < 1.29 is 14.3 Å². The maximum atomic E-state index is 10.8. The molecule has 0 bridgehead atoms. The third-order valence-corrected chi connectivity index (χ3v) is 2.64. The van der Waals surface area contributed by atoms with Gasteiger partial charge in [-0.1, -0.05) is 18.2 Å². The summed E-state index contributed by atoms with van der Waals surface area (Å²) in [5.41, 5.74) is 1.57. The van der Waals surface area contributed by atoms with Gasteiger partial charge >= 0.3 is 5.97 Å². The van der Waals surface area contributed by atoms with Crippen LogP contribution in [-0.2, 0) is 16.1 Å². The van der Waals surface area contributed by atoms with Crippen LogP contribution in [0.5, 0.6) is 11.5 Å². The van der Waals surface area contributed by atoms with Gasteiger partial charge in [-0.2, -0.15) is 0 Å². The van der Waals surface area contributed by atoms with Gasteiger partial charge in [0.2, 0.25) is 0 Å².